The Morgan fingerprint density at radius 1 is 1.11 bits per heavy atom. The number of benzene rings is 2. The van der Waals surface area contributed by atoms with Gasteiger partial charge < -0.3 is 10.6 Å². The molecule has 0 spiro atoms. The molecular weight excluding hydrogens is 353 g/mol. The van der Waals surface area contributed by atoms with Crippen LogP contribution in [-0.2, 0) is 13.1 Å². The summed E-state index contributed by atoms with van der Waals surface area (Å²) in [5, 5.41) is 15.7. The number of nitrogens with zero attached hydrogens (tertiary/aromatic N) is 3. The molecule has 0 unspecified atom stereocenters. The van der Waals surface area contributed by atoms with Gasteiger partial charge in [0.15, 0.2) is 5.96 Å². The fraction of sp³-hybridized carbons (Fsp3) is 0.364. The molecule has 0 aliphatic carbocycles. The van der Waals surface area contributed by atoms with Crippen molar-refractivity contribution in [3.8, 4) is 6.07 Å². The summed E-state index contributed by atoms with van der Waals surface area (Å²) >= 11 is 0. The Bertz CT molecular complexity index is 816. The van der Waals surface area contributed by atoms with Gasteiger partial charge in [-0.3, -0.25) is 9.89 Å². The third kappa shape index (κ3) is 5.80. The van der Waals surface area contributed by atoms with E-state index < -0.39 is 0 Å². The lowest BCUT2D eigenvalue weighted by Crippen LogP contribution is -2.48. The van der Waals surface area contributed by atoms with Crippen molar-refractivity contribution < 1.29 is 4.39 Å². The zero-order valence-electron chi connectivity index (χ0n) is 16.2. The van der Waals surface area contributed by atoms with Crippen molar-refractivity contribution in [1.29, 1.82) is 5.26 Å². The van der Waals surface area contributed by atoms with Crippen LogP contribution >= 0.6 is 0 Å². The van der Waals surface area contributed by atoms with Crippen LogP contribution in [0.2, 0.25) is 0 Å². The molecule has 5 nitrogen and oxygen atoms in total. The maximum Gasteiger partial charge on any atom is 0.191 e. The van der Waals surface area contributed by atoms with Crippen LogP contribution in [0.5, 0.6) is 0 Å². The van der Waals surface area contributed by atoms with Crippen molar-refractivity contribution in [1.82, 2.24) is 15.5 Å². The molecule has 2 aromatic rings. The van der Waals surface area contributed by atoms with Gasteiger partial charge in [-0.25, -0.2) is 4.39 Å². The molecule has 1 aliphatic rings. The maximum absolute atomic E-state index is 13.0. The minimum atomic E-state index is -0.188. The molecule has 0 aromatic heterocycles. The summed E-state index contributed by atoms with van der Waals surface area (Å²) in [6, 6.07) is 16.8. The lowest BCUT2D eigenvalue weighted by molar-refractivity contribution is 0.198. The van der Waals surface area contributed by atoms with E-state index in [1.807, 2.05) is 36.4 Å². The Morgan fingerprint density at radius 2 is 1.75 bits per heavy atom. The first kappa shape index (κ1) is 19.8. The number of nitrogens with one attached hydrogen (secondary N) is 2. The standard InChI is InChI=1S/C22H26FN5/c1-25-22(26-15-18-4-2-17(14-24)3-5-18)27-21-10-12-28(13-11-21)16-19-6-8-20(23)9-7-19/h2-9,21H,10-13,15-16H2,1H3,(H2,25,26,27). The van der Waals surface area contributed by atoms with Gasteiger partial charge in [-0.15, -0.1) is 0 Å². The predicted molar refractivity (Wildman–Crippen MR) is 109 cm³/mol. The molecule has 28 heavy (non-hydrogen) atoms. The summed E-state index contributed by atoms with van der Waals surface area (Å²) < 4.78 is 13.0. The Balaban J connectivity index is 1.42. The number of likely N-dealkylation sites (tertiary alicyclic amines) is 1. The van der Waals surface area contributed by atoms with Crippen LogP contribution in [0.4, 0.5) is 4.39 Å². The molecule has 0 radical (unpaired) electrons. The van der Waals surface area contributed by atoms with Gasteiger partial charge >= 0.3 is 0 Å². The summed E-state index contributed by atoms with van der Waals surface area (Å²) in [4.78, 5) is 6.72. The number of hydrogen-bond acceptors (Lipinski definition) is 3. The molecular formula is C22H26FN5. The van der Waals surface area contributed by atoms with E-state index in [0.717, 1.165) is 49.6 Å². The lowest BCUT2D eigenvalue weighted by Gasteiger charge is -2.33. The van der Waals surface area contributed by atoms with E-state index in [1.54, 1.807) is 7.05 Å². The number of nitriles is 1. The monoisotopic (exact) mass is 379 g/mol. The topological polar surface area (TPSA) is 63.5 Å². The first-order valence-corrected chi connectivity index (χ1v) is 9.59. The SMILES string of the molecule is CN=C(NCc1ccc(C#N)cc1)NC1CCN(Cc2ccc(F)cc2)CC1. The molecule has 2 aromatic carbocycles. The highest BCUT2D eigenvalue weighted by molar-refractivity contribution is 5.79. The van der Waals surface area contributed by atoms with Gasteiger partial charge in [0.25, 0.3) is 0 Å². The van der Waals surface area contributed by atoms with E-state index in [2.05, 4.69) is 26.6 Å². The first-order chi connectivity index (χ1) is 13.7. The molecule has 0 atom stereocenters. The quantitative estimate of drug-likeness (QED) is 0.619. The Kier molecular flexibility index (Phi) is 6.99. The first-order valence-electron chi connectivity index (χ1n) is 9.59. The van der Waals surface area contributed by atoms with Crippen LogP contribution in [0.3, 0.4) is 0 Å². The summed E-state index contributed by atoms with van der Waals surface area (Å²) in [6.45, 7) is 3.52. The fourth-order valence-electron chi connectivity index (χ4n) is 3.35. The molecule has 6 heteroatoms. The highest BCUT2D eigenvalue weighted by atomic mass is 19.1. The van der Waals surface area contributed by atoms with Crippen molar-refractivity contribution in [2.24, 2.45) is 4.99 Å². The highest BCUT2D eigenvalue weighted by Crippen LogP contribution is 2.14. The van der Waals surface area contributed by atoms with Gasteiger partial charge in [0.1, 0.15) is 5.82 Å². The van der Waals surface area contributed by atoms with Crippen LogP contribution in [0, 0.1) is 17.1 Å². The van der Waals surface area contributed by atoms with E-state index in [-0.39, 0.29) is 5.82 Å². The zero-order chi connectivity index (χ0) is 19.8. The third-order valence-corrected chi connectivity index (χ3v) is 5.01. The second kappa shape index (κ2) is 9.86. The van der Waals surface area contributed by atoms with Crippen LogP contribution in [0.1, 0.15) is 29.5 Å². The minimum absolute atomic E-state index is 0.188. The van der Waals surface area contributed by atoms with Gasteiger partial charge in [0.05, 0.1) is 11.6 Å². The number of guanidine groups is 1. The second-order valence-corrected chi connectivity index (χ2v) is 7.06. The van der Waals surface area contributed by atoms with Gasteiger partial charge in [0, 0.05) is 39.3 Å². The number of rotatable bonds is 5. The third-order valence-electron chi connectivity index (χ3n) is 5.01. The van der Waals surface area contributed by atoms with E-state index >= 15 is 0 Å². The molecule has 1 saturated heterocycles. The second-order valence-electron chi connectivity index (χ2n) is 7.06. The van der Waals surface area contributed by atoms with Crippen molar-refractivity contribution >= 4 is 5.96 Å². The Morgan fingerprint density at radius 3 is 2.36 bits per heavy atom. The van der Waals surface area contributed by atoms with E-state index in [9.17, 15) is 4.39 Å². The molecule has 0 saturated carbocycles. The van der Waals surface area contributed by atoms with Crippen molar-refractivity contribution in [3.63, 3.8) is 0 Å². The lowest BCUT2D eigenvalue weighted by atomic mass is 10.0. The van der Waals surface area contributed by atoms with Gasteiger partial charge in [0.2, 0.25) is 0 Å². The molecule has 3 rings (SSSR count). The molecule has 1 heterocycles. The average molecular weight is 379 g/mol. The van der Waals surface area contributed by atoms with Crippen LogP contribution in [-0.4, -0.2) is 37.0 Å². The van der Waals surface area contributed by atoms with Crippen LogP contribution < -0.4 is 10.6 Å². The van der Waals surface area contributed by atoms with Crippen molar-refractivity contribution in [2.75, 3.05) is 20.1 Å². The van der Waals surface area contributed by atoms with E-state index in [4.69, 9.17) is 5.26 Å². The molecule has 0 amide bonds. The van der Waals surface area contributed by atoms with Gasteiger partial charge in [-0.1, -0.05) is 24.3 Å². The number of halogens is 1. The van der Waals surface area contributed by atoms with Crippen molar-refractivity contribution in [2.45, 2.75) is 32.0 Å². The summed E-state index contributed by atoms with van der Waals surface area (Å²) in [6.07, 6.45) is 2.08. The molecule has 1 aliphatic heterocycles. The summed E-state index contributed by atoms with van der Waals surface area (Å²) in [5.74, 6) is 0.605. The molecule has 2 N–H and O–H groups in total. The van der Waals surface area contributed by atoms with Gasteiger partial charge in [-0.2, -0.15) is 5.26 Å². The average Bonchev–Trinajstić information content (AvgIpc) is 2.74. The smallest absolute Gasteiger partial charge is 0.191 e. The highest BCUT2D eigenvalue weighted by Gasteiger charge is 2.20. The normalized spacial score (nSPS) is 15.8. The van der Waals surface area contributed by atoms with E-state index in [0.29, 0.717) is 18.2 Å². The zero-order valence-corrected chi connectivity index (χ0v) is 16.2. The Labute approximate surface area is 165 Å². The number of aliphatic imine (C=N–C) groups is 1. The van der Waals surface area contributed by atoms with Crippen LogP contribution in [0.15, 0.2) is 53.5 Å². The predicted octanol–water partition coefficient (Wildman–Crippen LogP) is 3.03. The number of hydrogen-bond donors (Lipinski definition) is 2. The summed E-state index contributed by atoms with van der Waals surface area (Å²) in [7, 11) is 1.78. The summed E-state index contributed by atoms with van der Waals surface area (Å²) in [5.41, 5.74) is 2.92. The molecule has 1 fully saturated rings. The minimum Gasteiger partial charge on any atom is -0.354 e. The Hall–Kier alpha value is -2.91. The van der Waals surface area contributed by atoms with E-state index in [1.165, 1.54) is 12.1 Å². The fourth-order valence-corrected chi connectivity index (χ4v) is 3.35. The van der Waals surface area contributed by atoms with Gasteiger partial charge in [-0.05, 0) is 48.2 Å². The maximum atomic E-state index is 13.0. The molecule has 0 bridgehead atoms. The number of piperidine rings is 1. The van der Waals surface area contributed by atoms with Crippen LogP contribution in [0.25, 0.3) is 0 Å². The largest absolute Gasteiger partial charge is 0.354 e. The van der Waals surface area contributed by atoms with Crippen molar-refractivity contribution in [3.05, 3.63) is 71.0 Å². The molecule has 146 valence electrons.